The van der Waals surface area contributed by atoms with E-state index in [0.29, 0.717) is 22.6 Å². The van der Waals surface area contributed by atoms with Crippen molar-refractivity contribution in [3.63, 3.8) is 0 Å². The van der Waals surface area contributed by atoms with Crippen LogP contribution in [0.25, 0.3) is 0 Å². The fourth-order valence-electron chi connectivity index (χ4n) is 2.07. The van der Waals surface area contributed by atoms with Gasteiger partial charge in [0.2, 0.25) is 0 Å². The van der Waals surface area contributed by atoms with Gasteiger partial charge in [0.05, 0.1) is 19.6 Å². The molecule has 0 atom stereocenters. The van der Waals surface area contributed by atoms with E-state index in [2.05, 4.69) is 0 Å². The number of rotatable bonds is 6. The number of benzene rings is 1. The van der Waals surface area contributed by atoms with Crippen molar-refractivity contribution in [3.05, 3.63) is 23.3 Å². The highest BCUT2D eigenvalue weighted by molar-refractivity contribution is 5.74. The average molecular weight is 298 g/mol. The lowest BCUT2D eigenvalue weighted by molar-refractivity contribution is -0.146. The molecule has 4 nitrogen and oxygen atoms in total. The molecule has 0 aliphatic rings. The first-order valence-electron chi connectivity index (χ1n) is 6.70. The van der Waals surface area contributed by atoms with E-state index in [0.717, 1.165) is 0 Å². The molecule has 1 aromatic rings. The Morgan fingerprint density at radius 2 is 1.76 bits per heavy atom. The Bertz CT molecular complexity index is 530. The van der Waals surface area contributed by atoms with Gasteiger partial charge in [0, 0.05) is 0 Å². The van der Waals surface area contributed by atoms with E-state index in [1.165, 1.54) is 28.1 Å². The first kappa shape index (κ1) is 17.3. The van der Waals surface area contributed by atoms with Gasteiger partial charge in [0.15, 0.2) is 11.5 Å². The Kier molecular flexibility index (Phi) is 4.87. The van der Waals surface area contributed by atoms with Gasteiger partial charge in [-0.3, -0.25) is 4.79 Å². The van der Waals surface area contributed by atoms with E-state index in [9.17, 15) is 14.3 Å². The number of aliphatic carboxylic acids is 1. The predicted molar refractivity (Wildman–Crippen MR) is 78.8 cm³/mol. The number of methoxy groups -OCH3 is 2. The normalized spacial score (nSPS) is 12.1. The first-order chi connectivity index (χ1) is 9.52. The molecule has 0 unspecified atom stereocenters. The molecule has 0 bridgehead atoms. The summed E-state index contributed by atoms with van der Waals surface area (Å²) in [5.74, 6) is -0.0785. The zero-order valence-electron chi connectivity index (χ0n) is 13.4. The Morgan fingerprint density at radius 3 is 2.14 bits per heavy atom. The van der Waals surface area contributed by atoms with Gasteiger partial charge >= 0.3 is 5.97 Å². The fraction of sp³-hybridized carbons (Fsp3) is 0.562. The van der Waals surface area contributed by atoms with Crippen molar-refractivity contribution < 1.29 is 23.8 Å². The lowest BCUT2D eigenvalue weighted by atomic mass is 9.84. The Morgan fingerprint density at radius 1 is 1.19 bits per heavy atom. The van der Waals surface area contributed by atoms with E-state index in [4.69, 9.17) is 9.47 Å². The molecule has 0 aliphatic heterocycles. The summed E-state index contributed by atoms with van der Waals surface area (Å²) < 4.78 is 24.8. The van der Waals surface area contributed by atoms with Crippen molar-refractivity contribution >= 4 is 5.97 Å². The molecular weight excluding hydrogens is 275 g/mol. The van der Waals surface area contributed by atoms with Crippen LogP contribution < -0.4 is 9.47 Å². The minimum absolute atomic E-state index is 0.214. The first-order valence-corrected chi connectivity index (χ1v) is 6.70. The third-order valence-corrected chi connectivity index (χ3v) is 3.45. The Hall–Kier alpha value is -1.78. The molecule has 0 heterocycles. The zero-order chi connectivity index (χ0) is 16.4. The molecule has 21 heavy (non-hydrogen) atoms. The number of carbonyl (C=O) groups is 1. The molecule has 0 radical (unpaired) electrons. The van der Waals surface area contributed by atoms with Crippen LogP contribution in [0.2, 0.25) is 0 Å². The van der Waals surface area contributed by atoms with Crippen molar-refractivity contribution in [3.8, 4) is 11.5 Å². The smallest absolute Gasteiger partial charge is 0.309 e. The van der Waals surface area contributed by atoms with Gasteiger partial charge in [-0.2, -0.15) is 0 Å². The van der Waals surface area contributed by atoms with Crippen LogP contribution in [0.3, 0.4) is 0 Å². The molecule has 1 N–H and O–H groups in total. The summed E-state index contributed by atoms with van der Waals surface area (Å²) >= 11 is 0. The second-order valence-electron chi connectivity index (χ2n) is 6.21. The van der Waals surface area contributed by atoms with Gasteiger partial charge in [0.1, 0.15) is 5.67 Å². The highest BCUT2D eigenvalue weighted by Crippen LogP contribution is 2.39. The maximum Gasteiger partial charge on any atom is 0.309 e. The van der Waals surface area contributed by atoms with Crippen molar-refractivity contribution in [2.45, 2.75) is 39.8 Å². The predicted octanol–water partition coefficient (Wildman–Crippen LogP) is 3.56. The van der Waals surface area contributed by atoms with Gasteiger partial charge in [-0.25, -0.2) is 4.39 Å². The summed E-state index contributed by atoms with van der Waals surface area (Å²) in [5.41, 5.74) is -1.50. The molecule has 1 rings (SSSR count). The topological polar surface area (TPSA) is 55.8 Å². The van der Waals surface area contributed by atoms with Crippen LogP contribution in [-0.4, -0.2) is 25.3 Å². The number of ether oxygens (including phenoxy) is 2. The molecular formula is C16H23FO4. The van der Waals surface area contributed by atoms with Gasteiger partial charge in [-0.05, 0) is 57.4 Å². The highest BCUT2D eigenvalue weighted by atomic mass is 19.1. The van der Waals surface area contributed by atoms with Gasteiger partial charge in [-0.15, -0.1) is 0 Å². The monoisotopic (exact) mass is 298 g/mol. The number of halogens is 1. The van der Waals surface area contributed by atoms with Crippen LogP contribution in [0.15, 0.2) is 12.1 Å². The van der Waals surface area contributed by atoms with Crippen LogP contribution >= 0.6 is 0 Å². The van der Waals surface area contributed by atoms with Crippen LogP contribution in [0.5, 0.6) is 11.5 Å². The van der Waals surface area contributed by atoms with E-state index in [1.54, 1.807) is 26.0 Å². The number of hydrogen-bond acceptors (Lipinski definition) is 3. The maximum absolute atomic E-state index is 14.2. The van der Waals surface area contributed by atoms with Crippen LogP contribution in [-0.2, 0) is 16.9 Å². The molecule has 0 amide bonds. The average Bonchev–Trinajstić information content (AvgIpc) is 2.35. The van der Waals surface area contributed by atoms with Gasteiger partial charge < -0.3 is 14.6 Å². The standard InChI is InChI=1S/C16H23FO4/c1-15(2,14(18)19)9-10-7-11(16(3,4)17)8-12(20-5)13(10)21-6/h7-8H,9H2,1-6H3,(H,18,19). The molecule has 5 heteroatoms. The summed E-state index contributed by atoms with van der Waals surface area (Å²) in [6.45, 7) is 6.13. The summed E-state index contributed by atoms with van der Waals surface area (Å²) in [6, 6.07) is 3.22. The second kappa shape index (κ2) is 5.92. The molecule has 1 aromatic carbocycles. The van der Waals surface area contributed by atoms with Gasteiger partial charge in [0.25, 0.3) is 0 Å². The number of alkyl halides is 1. The Balaban J connectivity index is 3.44. The molecule has 0 fully saturated rings. The van der Waals surface area contributed by atoms with E-state index in [-0.39, 0.29) is 6.42 Å². The largest absolute Gasteiger partial charge is 0.493 e. The van der Waals surface area contributed by atoms with Crippen LogP contribution in [0, 0.1) is 5.41 Å². The Labute approximate surface area is 124 Å². The molecule has 0 spiro atoms. The third-order valence-electron chi connectivity index (χ3n) is 3.45. The minimum Gasteiger partial charge on any atom is -0.493 e. The summed E-state index contributed by atoms with van der Waals surface area (Å²) in [6.07, 6.45) is 0.214. The van der Waals surface area contributed by atoms with Crippen molar-refractivity contribution in [2.24, 2.45) is 5.41 Å². The maximum atomic E-state index is 14.2. The SMILES string of the molecule is COc1cc(C(C)(C)F)cc(CC(C)(C)C(=O)O)c1OC. The third kappa shape index (κ3) is 3.86. The fourth-order valence-corrected chi connectivity index (χ4v) is 2.07. The highest BCUT2D eigenvalue weighted by Gasteiger charge is 2.31. The number of carboxylic acid groups (broad SMARTS) is 1. The van der Waals surface area contributed by atoms with Crippen molar-refractivity contribution in [2.75, 3.05) is 14.2 Å². The van der Waals surface area contributed by atoms with Crippen LogP contribution in [0.4, 0.5) is 4.39 Å². The number of carboxylic acids is 1. The molecule has 0 saturated heterocycles. The van der Waals surface area contributed by atoms with E-state index < -0.39 is 17.1 Å². The van der Waals surface area contributed by atoms with Crippen LogP contribution in [0.1, 0.15) is 38.8 Å². The minimum atomic E-state index is -1.55. The summed E-state index contributed by atoms with van der Waals surface area (Å²) in [5, 5.41) is 9.28. The molecule has 0 saturated carbocycles. The number of hydrogen-bond donors (Lipinski definition) is 1. The zero-order valence-corrected chi connectivity index (χ0v) is 13.4. The van der Waals surface area contributed by atoms with E-state index in [1.807, 2.05) is 0 Å². The van der Waals surface area contributed by atoms with E-state index >= 15 is 0 Å². The molecule has 0 aromatic heterocycles. The molecule has 118 valence electrons. The summed E-state index contributed by atoms with van der Waals surface area (Å²) in [4.78, 5) is 11.3. The second-order valence-corrected chi connectivity index (χ2v) is 6.21. The lowest BCUT2D eigenvalue weighted by Gasteiger charge is -2.24. The van der Waals surface area contributed by atoms with Crippen molar-refractivity contribution in [1.29, 1.82) is 0 Å². The van der Waals surface area contributed by atoms with Gasteiger partial charge in [-0.1, -0.05) is 0 Å². The molecule has 0 aliphatic carbocycles. The quantitative estimate of drug-likeness (QED) is 0.872. The lowest BCUT2D eigenvalue weighted by Crippen LogP contribution is -2.26. The summed E-state index contributed by atoms with van der Waals surface area (Å²) in [7, 11) is 2.95. The van der Waals surface area contributed by atoms with Crippen molar-refractivity contribution in [1.82, 2.24) is 0 Å².